The van der Waals surface area contributed by atoms with Crippen LogP contribution in [0.4, 0.5) is 17.1 Å². The highest BCUT2D eigenvalue weighted by molar-refractivity contribution is 7.93. The molecule has 0 unspecified atom stereocenters. The SMILES string of the molecule is COCCNC(=O)[C@@H]1Cc2ccccc2N1C(=O)[C@@H]1Cc2ccccc2N1S(=O)(=O)c1ccc(NC(C)=O)cc1. The second-order valence-corrected chi connectivity index (χ2v) is 11.5. The summed E-state index contributed by atoms with van der Waals surface area (Å²) >= 11 is 0. The van der Waals surface area contributed by atoms with Gasteiger partial charge in [0, 0.05) is 44.8 Å². The summed E-state index contributed by atoms with van der Waals surface area (Å²) in [5.74, 6) is -1.09. The van der Waals surface area contributed by atoms with Gasteiger partial charge in [-0.1, -0.05) is 36.4 Å². The number of hydrogen-bond donors (Lipinski definition) is 2. The molecular formula is C29H30N4O6S. The van der Waals surface area contributed by atoms with Crippen LogP contribution in [0.5, 0.6) is 0 Å². The lowest BCUT2D eigenvalue weighted by molar-refractivity contribution is -0.126. The first-order chi connectivity index (χ1) is 19.2. The highest BCUT2D eigenvalue weighted by Gasteiger charge is 2.48. The van der Waals surface area contributed by atoms with Crippen LogP contribution < -0.4 is 19.8 Å². The van der Waals surface area contributed by atoms with E-state index in [1.807, 2.05) is 12.1 Å². The van der Waals surface area contributed by atoms with Gasteiger partial charge >= 0.3 is 0 Å². The Morgan fingerprint density at radius 2 is 1.48 bits per heavy atom. The zero-order valence-corrected chi connectivity index (χ0v) is 23.0. The predicted octanol–water partition coefficient (Wildman–Crippen LogP) is 2.49. The van der Waals surface area contributed by atoms with Crippen molar-refractivity contribution in [1.82, 2.24) is 5.32 Å². The normalized spacial score (nSPS) is 17.8. The summed E-state index contributed by atoms with van der Waals surface area (Å²) in [6.45, 7) is 1.97. The van der Waals surface area contributed by atoms with Gasteiger partial charge in [0.05, 0.1) is 17.2 Å². The molecule has 0 bridgehead atoms. The summed E-state index contributed by atoms with van der Waals surface area (Å²) in [5.41, 5.74) is 3.01. The van der Waals surface area contributed by atoms with Crippen molar-refractivity contribution in [3.8, 4) is 0 Å². The minimum absolute atomic E-state index is 0.0215. The average molecular weight is 563 g/mol. The van der Waals surface area contributed by atoms with E-state index in [1.165, 1.54) is 47.5 Å². The van der Waals surface area contributed by atoms with Gasteiger partial charge in [0.15, 0.2) is 0 Å². The van der Waals surface area contributed by atoms with Crippen molar-refractivity contribution in [2.24, 2.45) is 0 Å². The summed E-state index contributed by atoms with van der Waals surface area (Å²) in [6.07, 6.45) is 0.479. The van der Waals surface area contributed by atoms with E-state index in [1.54, 1.807) is 36.4 Å². The molecule has 2 atom stereocenters. The van der Waals surface area contributed by atoms with Gasteiger partial charge in [-0.05, 0) is 47.5 Å². The van der Waals surface area contributed by atoms with E-state index in [0.717, 1.165) is 5.56 Å². The Balaban J connectivity index is 1.53. The standard InChI is InChI=1S/C29H30N4O6S/c1-19(34)31-22-11-13-23(14-12-22)40(37,38)33-25-10-6-4-8-21(25)18-27(33)29(36)32-24-9-5-3-7-20(24)17-26(32)28(35)30-15-16-39-2/h3-14,26-27H,15-18H2,1-2H3,(H,30,35)(H,31,34)/t26-,27-/m0/s1. The molecule has 0 aromatic heterocycles. The molecule has 5 rings (SSSR count). The maximum atomic E-state index is 14.4. The van der Waals surface area contributed by atoms with Gasteiger partial charge in [-0.25, -0.2) is 8.42 Å². The summed E-state index contributed by atoms with van der Waals surface area (Å²) in [6, 6.07) is 18.2. The number of para-hydroxylation sites is 2. The molecule has 2 aliphatic rings. The number of sulfonamides is 1. The number of ether oxygens (including phenoxy) is 1. The lowest BCUT2D eigenvalue weighted by Gasteiger charge is -2.32. The Kier molecular flexibility index (Phi) is 7.59. The maximum Gasteiger partial charge on any atom is 0.265 e. The number of anilines is 3. The van der Waals surface area contributed by atoms with Crippen molar-refractivity contribution in [3.05, 3.63) is 83.9 Å². The van der Waals surface area contributed by atoms with E-state index in [4.69, 9.17) is 4.74 Å². The number of rotatable bonds is 8. The van der Waals surface area contributed by atoms with Crippen molar-refractivity contribution >= 4 is 44.8 Å². The monoisotopic (exact) mass is 562 g/mol. The van der Waals surface area contributed by atoms with Gasteiger partial charge in [0.25, 0.3) is 15.9 Å². The Labute approximate surface area is 233 Å². The molecule has 0 fully saturated rings. The topological polar surface area (TPSA) is 125 Å². The minimum atomic E-state index is -4.20. The molecule has 40 heavy (non-hydrogen) atoms. The van der Waals surface area contributed by atoms with Crippen LogP contribution in [0.15, 0.2) is 77.7 Å². The minimum Gasteiger partial charge on any atom is -0.383 e. The smallest absolute Gasteiger partial charge is 0.265 e. The lowest BCUT2D eigenvalue weighted by Crippen LogP contribution is -2.55. The lowest BCUT2D eigenvalue weighted by atomic mass is 10.1. The third-order valence-electron chi connectivity index (χ3n) is 7.06. The maximum absolute atomic E-state index is 14.4. The van der Waals surface area contributed by atoms with Crippen molar-refractivity contribution in [2.75, 3.05) is 34.8 Å². The van der Waals surface area contributed by atoms with Crippen LogP contribution in [0, 0.1) is 0 Å². The molecule has 2 N–H and O–H groups in total. The van der Waals surface area contributed by atoms with Crippen LogP contribution in [0.1, 0.15) is 18.1 Å². The largest absolute Gasteiger partial charge is 0.383 e. The Morgan fingerprint density at radius 1 is 0.875 bits per heavy atom. The van der Waals surface area contributed by atoms with Crippen LogP contribution in [-0.4, -0.2) is 58.5 Å². The summed E-state index contributed by atoms with van der Waals surface area (Å²) in [5, 5.41) is 5.44. The van der Waals surface area contributed by atoms with Crippen LogP contribution >= 0.6 is 0 Å². The number of fused-ring (bicyclic) bond motifs is 2. The quantitative estimate of drug-likeness (QED) is 0.407. The Bertz CT molecular complexity index is 1560. The average Bonchev–Trinajstić information content (AvgIpc) is 3.52. The number of nitrogens with zero attached hydrogens (tertiary/aromatic N) is 2. The van der Waals surface area contributed by atoms with Crippen LogP contribution in [0.3, 0.4) is 0 Å². The number of amides is 3. The third kappa shape index (κ3) is 5.05. The molecule has 10 nitrogen and oxygen atoms in total. The summed E-state index contributed by atoms with van der Waals surface area (Å²) in [7, 11) is -2.66. The van der Waals surface area contributed by atoms with Crippen molar-refractivity contribution < 1.29 is 27.5 Å². The van der Waals surface area contributed by atoms with Crippen molar-refractivity contribution in [1.29, 1.82) is 0 Å². The number of carbonyl (C=O) groups is 3. The zero-order chi connectivity index (χ0) is 28.4. The zero-order valence-electron chi connectivity index (χ0n) is 22.2. The van der Waals surface area contributed by atoms with E-state index in [-0.39, 0.29) is 29.7 Å². The van der Waals surface area contributed by atoms with Gasteiger partial charge in [-0.3, -0.25) is 23.6 Å². The Morgan fingerprint density at radius 3 is 2.12 bits per heavy atom. The number of benzene rings is 3. The molecule has 0 saturated heterocycles. The fraction of sp³-hybridized carbons (Fsp3) is 0.276. The van der Waals surface area contributed by atoms with Gasteiger partial charge in [0.1, 0.15) is 12.1 Å². The molecule has 3 aromatic rings. The number of nitrogens with one attached hydrogen (secondary N) is 2. The van der Waals surface area contributed by atoms with Gasteiger partial charge < -0.3 is 15.4 Å². The van der Waals surface area contributed by atoms with Gasteiger partial charge in [0.2, 0.25) is 11.8 Å². The first-order valence-electron chi connectivity index (χ1n) is 12.9. The van der Waals surface area contributed by atoms with Crippen LogP contribution in [0.2, 0.25) is 0 Å². The molecule has 0 aliphatic carbocycles. The molecule has 3 aromatic carbocycles. The molecule has 3 amide bonds. The van der Waals surface area contributed by atoms with Crippen molar-refractivity contribution in [3.63, 3.8) is 0 Å². The molecule has 0 spiro atoms. The summed E-state index contributed by atoms with van der Waals surface area (Å²) < 4.78 is 34.3. The third-order valence-corrected chi connectivity index (χ3v) is 8.90. The van der Waals surface area contributed by atoms with Gasteiger partial charge in [-0.2, -0.15) is 0 Å². The van der Waals surface area contributed by atoms with E-state index in [2.05, 4.69) is 10.6 Å². The first kappa shape index (κ1) is 27.4. The molecule has 11 heteroatoms. The first-order valence-corrected chi connectivity index (χ1v) is 14.3. The van der Waals surface area contributed by atoms with E-state index in [0.29, 0.717) is 35.7 Å². The highest BCUT2D eigenvalue weighted by atomic mass is 32.2. The molecule has 2 aliphatic heterocycles. The molecule has 2 heterocycles. The van der Waals surface area contributed by atoms with E-state index >= 15 is 0 Å². The summed E-state index contributed by atoms with van der Waals surface area (Å²) in [4.78, 5) is 40.4. The van der Waals surface area contributed by atoms with Crippen molar-refractivity contribution in [2.45, 2.75) is 36.7 Å². The van der Waals surface area contributed by atoms with Gasteiger partial charge in [-0.15, -0.1) is 0 Å². The van der Waals surface area contributed by atoms with Crippen LogP contribution in [-0.2, 0) is 42.0 Å². The second-order valence-electron chi connectivity index (χ2n) is 9.70. The molecular weight excluding hydrogens is 532 g/mol. The van der Waals surface area contributed by atoms with E-state index in [9.17, 15) is 22.8 Å². The highest BCUT2D eigenvalue weighted by Crippen LogP contribution is 2.40. The fourth-order valence-corrected chi connectivity index (χ4v) is 6.94. The number of methoxy groups -OCH3 is 1. The molecule has 0 radical (unpaired) electrons. The molecule has 0 saturated carbocycles. The van der Waals surface area contributed by atoms with Crippen LogP contribution in [0.25, 0.3) is 0 Å². The molecule has 208 valence electrons. The Hall–Kier alpha value is -4.22. The second kappa shape index (κ2) is 11.1. The predicted molar refractivity (Wildman–Crippen MR) is 151 cm³/mol. The fourth-order valence-electron chi connectivity index (χ4n) is 5.29. The number of carbonyl (C=O) groups excluding carboxylic acids is 3. The number of hydrogen-bond acceptors (Lipinski definition) is 6. The van der Waals surface area contributed by atoms with E-state index < -0.39 is 28.0 Å².